The number of benzene rings is 1. The SMILES string of the molecule is FC(F)(F)c1nnc2ccc(N[C@@H](c3ccc4c(c3)CCC4)c3cccs3)nn12. The molecule has 0 bridgehead atoms. The van der Waals surface area contributed by atoms with E-state index in [0.29, 0.717) is 5.82 Å². The molecule has 1 N–H and O–H groups in total. The van der Waals surface area contributed by atoms with Crippen LogP contribution in [0.3, 0.4) is 0 Å². The zero-order valence-electron chi connectivity index (χ0n) is 15.1. The average molecular weight is 415 g/mol. The fraction of sp³-hybridized carbons (Fsp3) is 0.250. The lowest BCUT2D eigenvalue weighted by atomic mass is 10.00. The highest BCUT2D eigenvalue weighted by Gasteiger charge is 2.37. The molecule has 0 fully saturated rings. The van der Waals surface area contributed by atoms with Crippen molar-refractivity contribution in [2.45, 2.75) is 31.5 Å². The van der Waals surface area contributed by atoms with Crippen LogP contribution in [0.15, 0.2) is 47.8 Å². The van der Waals surface area contributed by atoms with Crippen LogP contribution in [0.4, 0.5) is 19.0 Å². The standard InChI is InChI=1S/C20H16F3N5S/c21-20(22,23)19-26-25-17-9-8-16(27-28(17)19)24-18(15-5-2-10-29-15)14-7-6-12-3-1-4-13(12)11-14/h2,5-11,18H,1,3-4H2,(H,24,27)/t18-/m0/s1. The molecule has 0 aliphatic heterocycles. The molecule has 0 unspecified atom stereocenters. The van der Waals surface area contributed by atoms with Gasteiger partial charge in [-0.15, -0.1) is 26.6 Å². The van der Waals surface area contributed by atoms with Crippen LogP contribution in [0, 0.1) is 0 Å². The molecule has 0 saturated heterocycles. The summed E-state index contributed by atoms with van der Waals surface area (Å²) in [5.74, 6) is -0.817. The Morgan fingerprint density at radius 2 is 1.90 bits per heavy atom. The van der Waals surface area contributed by atoms with Crippen molar-refractivity contribution in [3.8, 4) is 0 Å². The third kappa shape index (κ3) is 3.35. The summed E-state index contributed by atoms with van der Waals surface area (Å²) in [7, 11) is 0. The summed E-state index contributed by atoms with van der Waals surface area (Å²) in [6, 6.07) is 13.3. The first-order valence-corrected chi connectivity index (χ1v) is 10.1. The van der Waals surface area contributed by atoms with E-state index < -0.39 is 12.0 Å². The normalized spacial score (nSPS) is 14.9. The zero-order valence-corrected chi connectivity index (χ0v) is 16.0. The number of nitrogens with zero attached hydrogens (tertiary/aromatic N) is 4. The molecule has 5 nitrogen and oxygen atoms in total. The number of fused-ring (bicyclic) bond motifs is 2. The van der Waals surface area contributed by atoms with Gasteiger partial charge in [0.1, 0.15) is 5.82 Å². The Bertz CT molecular complexity index is 1170. The highest BCUT2D eigenvalue weighted by molar-refractivity contribution is 7.10. The molecule has 4 aromatic rings. The first-order valence-electron chi connectivity index (χ1n) is 9.20. The van der Waals surface area contributed by atoms with Crippen LogP contribution in [-0.2, 0) is 19.0 Å². The predicted octanol–water partition coefficient (Wildman–Crippen LogP) is 4.89. The van der Waals surface area contributed by atoms with Crippen molar-refractivity contribution in [2.24, 2.45) is 0 Å². The van der Waals surface area contributed by atoms with Crippen molar-refractivity contribution in [1.82, 2.24) is 19.8 Å². The van der Waals surface area contributed by atoms with E-state index in [0.717, 1.165) is 34.2 Å². The molecule has 3 heterocycles. The van der Waals surface area contributed by atoms with Crippen LogP contribution in [-0.4, -0.2) is 19.8 Å². The molecule has 29 heavy (non-hydrogen) atoms. The molecule has 0 spiro atoms. The molecule has 1 aliphatic rings. The second-order valence-electron chi connectivity index (χ2n) is 6.98. The Balaban J connectivity index is 1.54. The van der Waals surface area contributed by atoms with Crippen LogP contribution < -0.4 is 5.32 Å². The molecular formula is C20H16F3N5S. The van der Waals surface area contributed by atoms with E-state index in [1.165, 1.54) is 17.2 Å². The van der Waals surface area contributed by atoms with Gasteiger partial charge >= 0.3 is 6.18 Å². The van der Waals surface area contributed by atoms with Crippen molar-refractivity contribution in [3.05, 3.63) is 75.2 Å². The average Bonchev–Trinajstić information content (AvgIpc) is 3.44. The lowest BCUT2D eigenvalue weighted by molar-refractivity contribution is -0.146. The Morgan fingerprint density at radius 1 is 1.03 bits per heavy atom. The summed E-state index contributed by atoms with van der Waals surface area (Å²) in [6.07, 6.45) is -1.32. The lowest BCUT2D eigenvalue weighted by Gasteiger charge is -2.20. The van der Waals surface area contributed by atoms with E-state index in [9.17, 15) is 13.2 Å². The molecule has 1 atom stereocenters. The summed E-state index contributed by atoms with van der Waals surface area (Å²) >= 11 is 1.59. The Morgan fingerprint density at radius 3 is 2.69 bits per heavy atom. The van der Waals surface area contributed by atoms with Crippen molar-refractivity contribution >= 4 is 22.8 Å². The van der Waals surface area contributed by atoms with Crippen LogP contribution in [0.2, 0.25) is 0 Å². The molecule has 9 heteroatoms. The highest BCUT2D eigenvalue weighted by atomic mass is 32.1. The van der Waals surface area contributed by atoms with Gasteiger partial charge < -0.3 is 5.32 Å². The maximum absolute atomic E-state index is 13.2. The van der Waals surface area contributed by atoms with Gasteiger partial charge in [0, 0.05) is 4.88 Å². The second-order valence-corrected chi connectivity index (χ2v) is 7.96. The molecule has 3 aromatic heterocycles. The summed E-state index contributed by atoms with van der Waals surface area (Å²) in [6.45, 7) is 0. The Hall–Kier alpha value is -2.94. The third-order valence-corrected chi connectivity index (χ3v) is 6.03. The van der Waals surface area contributed by atoms with E-state index in [-0.39, 0.29) is 11.7 Å². The first-order chi connectivity index (χ1) is 14.0. The fourth-order valence-corrected chi connectivity index (χ4v) is 4.54. The number of rotatable bonds is 4. The number of alkyl halides is 3. The summed E-state index contributed by atoms with van der Waals surface area (Å²) in [4.78, 5) is 1.06. The monoisotopic (exact) mass is 415 g/mol. The minimum absolute atomic E-state index is 0.0491. The maximum Gasteiger partial charge on any atom is 0.453 e. The van der Waals surface area contributed by atoms with E-state index in [4.69, 9.17) is 0 Å². The van der Waals surface area contributed by atoms with E-state index in [2.05, 4.69) is 38.8 Å². The first kappa shape index (κ1) is 18.1. The summed E-state index contributed by atoms with van der Waals surface area (Å²) < 4.78 is 40.3. The molecule has 1 aromatic carbocycles. The van der Waals surface area contributed by atoms with Crippen molar-refractivity contribution in [3.63, 3.8) is 0 Å². The minimum atomic E-state index is -4.63. The van der Waals surface area contributed by atoms with Gasteiger partial charge in [0.15, 0.2) is 5.65 Å². The molecule has 0 radical (unpaired) electrons. The zero-order chi connectivity index (χ0) is 20.0. The van der Waals surface area contributed by atoms with Crippen LogP contribution >= 0.6 is 11.3 Å². The highest BCUT2D eigenvalue weighted by Crippen LogP contribution is 2.33. The van der Waals surface area contributed by atoms with Gasteiger partial charge in [-0.3, -0.25) is 0 Å². The van der Waals surface area contributed by atoms with Gasteiger partial charge in [-0.2, -0.15) is 17.7 Å². The van der Waals surface area contributed by atoms with Crippen molar-refractivity contribution in [2.75, 3.05) is 5.32 Å². The third-order valence-electron chi connectivity index (χ3n) is 5.09. The smallest absolute Gasteiger partial charge is 0.357 e. The number of hydrogen-bond donors (Lipinski definition) is 1. The fourth-order valence-electron chi connectivity index (χ4n) is 3.74. The van der Waals surface area contributed by atoms with Gasteiger partial charge in [0.25, 0.3) is 5.82 Å². The number of anilines is 1. The molecular weight excluding hydrogens is 399 g/mol. The van der Waals surface area contributed by atoms with Gasteiger partial charge in [-0.05, 0) is 59.5 Å². The van der Waals surface area contributed by atoms with E-state index >= 15 is 0 Å². The molecule has 0 saturated carbocycles. The van der Waals surface area contributed by atoms with Crippen LogP contribution in [0.25, 0.3) is 5.65 Å². The number of halogens is 3. The van der Waals surface area contributed by atoms with E-state index in [1.807, 2.05) is 17.5 Å². The topological polar surface area (TPSA) is 55.1 Å². The Labute approximate surface area is 168 Å². The van der Waals surface area contributed by atoms with E-state index in [1.54, 1.807) is 17.4 Å². The van der Waals surface area contributed by atoms with Gasteiger partial charge in [-0.25, -0.2) is 0 Å². The molecule has 1 aliphatic carbocycles. The number of hydrogen-bond acceptors (Lipinski definition) is 5. The minimum Gasteiger partial charge on any atom is -0.357 e. The van der Waals surface area contributed by atoms with Gasteiger partial charge in [-0.1, -0.05) is 24.3 Å². The molecule has 0 amide bonds. The van der Waals surface area contributed by atoms with Crippen LogP contribution in [0.1, 0.15) is 39.9 Å². The second kappa shape index (κ2) is 6.84. The van der Waals surface area contributed by atoms with Crippen LogP contribution in [0.5, 0.6) is 0 Å². The van der Waals surface area contributed by atoms with Crippen molar-refractivity contribution < 1.29 is 13.2 Å². The lowest BCUT2D eigenvalue weighted by Crippen LogP contribution is -2.16. The van der Waals surface area contributed by atoms with Crippen molar-refractivity contribution in [1.29, 1.82) is 0 Å². The number of nitrogens with one attached hydrogen (secondary N) is 1. The number of aryl methyl sites for hydroxylation is 2. The largest absolute Gasteiger partial charge is 0.453 e. The summed E-state index contributed by atoms with van der Waals surface area (Å²) in [5, 5.41) is 16.2. The molecule has 148 valence electrons. The number of aromatic nitrogens is 4. The predicted molar refractivity (Wildman–Crippen MR) is 104 cm³/mol. The summed E-state index contributed by atoms with van der Waals surface area (Å²) in [5.41, 5.74) is 3.83. The maximum atomic E-state index is 13.2. The van der Waals surface area contributed by atoms with Gasteiger partial charge in [0.05, 0.1) is 6.04 Å². The van der Waals surface area contributed by atoms with Gasteiger partial charge in [0.2, 0.25) is 0 Å². The Kier molecular flexibility index (Phi) is 4.27. The molecule has 5 rings (SSSR count). The number of thiophene rings is 1. The quantitative estimate of drug-likeness (QED) is 0.515.